The summed E-state index contributed by atoms with van der Waals surface area (Å²) in [7, 11) is 1.49. The molecule has 10 heteroatoms. The first-order chi connectivity index (χ1) is 37.0. The Hall–Kier alpha value is -1.25. The van der Waals surface area contributed by atoms with Crippen LogP contribution >= 0.6 is 7.82 Å². The van der Waals surface area contributed by atoms with Gasteiger partial charge in [0.2, 0.25) is 0 Å². The minimum atomic E-state index is -4.38. The number of ether oxygens (including phenoxy) is 2. The van der Waals surface area contributed by atoms with Crippen molar-refractivity contribution in [3.05, 3.63) is 12.2 Å². The summed E-state index contributed by atoms with van der Waals surface area (Å²) in [6.07, 6.45) is 70.5. The smallest absolute Gasteiger partial charge is 0.462 e. The highest BCUT2D eigenvalue weighted by Crippen LogP contribution is 2.43. The second kappa shape index (κ2) is 58.4. The summed E-state index contributed by atoms with van der Waals surface area (Å²) in [6.45, 7) is 4.48. The number of nitrogens with zero attached hydrogens (tertiary/aromatic N) is 1. The van der Waals surface area contributed by atoms with Crippen molar-refractivity contribution < 1.29 is 42.1 Å². The van der Waals surface area contributed by atoms with Gasteiger partial charge < -0.3 is 18.9 Å². The van der Waals surface area contributed by atoms with Gasteiger partial charge in [0.25, 0.3) is 0 Å². The summed E-state index contributed by atoms with van der Waals surface area (Å²) in [6, 6.07) is 0. The molecule has 0 aromatic rings. The van der Waals surface area contributed by atoms with E-state index in [1.165, 1.54) is 263 Å². The standard InChI is InChI=1S/C66H130NO8P/c1-6-8-10-12-14-16-18-20-22-23-24-25-26-27-28-29-30-31-32-33-34-35-36-37-38-39-40-41-42-43-45-46-48-50-52-54-56-58-65(68)72-62-64(63-74-76(70,71)73-61-60-67(3,4)5)75-66(69)59-57-55-53-51-49-47-44-21-19-17-15-13-11-9-7-2/h21,44,64H,6-20,22-43,45-63H2,1-5H3/p+1/b44-21-. The molecular weight excluding hydrogens is 966 g/mol. The van der Waals surface area contributed by atoms with Crippen molar-refractivity contribution in [2.24, 2.45) is 0 Å². The van der Waals surface area contributed by atoms with E-state index in [1.54, 1.807) is 0 Å². The fourth-order valence-corrected chi connectivity index (χ4v) is 10.9. The zero-order valence-corrected chi connectivity index (χ0v) is 52.4. The van der Waals surface area contributed by atoms with E-state index >= 15 is 0 Å². The van der Waals surface area contributed by atoms with Gasteiger partial charge in [0.05, 0.1) is 27.7 Å². The molecular formula is C66H131NO8P+. The third kappa shape index (κ3) is 62.0. The molecule has 2 atom stereocenters. The number of hydrogen-bond acceptors (Lipinski definition) is 7. The molecule has 0 aliphatic heterocycles. The molecule has 0 saturated carbocycles. The van der Waals surface area contributed by atoms with Gasteiger partial charge in [-0.15, -0.1) is 0 Å². The number of rotatable bonds is 63. The highest BCUT2D eigenvalue weighted by molar-refractivity contribution is 7.47. The van der Waals surface area contributed by atoms with Gasteiger partial charge in [-0.05, 0) is 38.5 Å². The average Bonchev–Trinajstić information content (AvgIpc) is 3.38. The molecule has 452 valence electrons. The normalized spacial score (nSPS) is 13.2. The monoisotopic (exact) mass is 1100 g/mol. The molecule has 0 spiro atoms. The second-order valence-electron chi connectivity index (χ2n) is 24.2. The lowest BCUT2D eigenvalue weighted by Gasteiger charge is -2.24. The Morgan fingerprint density at radius 2 is 0.671 bits per heavy atom. The van der Waals surface area contributed by atoms with Gasteiger partial charge in [0.1, 0.15) is 19.8 Å². The lowest BCUT2D eigenvalue weighted by molar-refractivity contribution is -0.870. The largest absolute Gasteiger partial charge is 0.472 e. The summed E-state index contributed by atoms with van der Waals surface area (Å²) in [5.41, 5.74) is 0. The maximum absolute atomic E-state index is 12.8. The lowest BCUT2D eigenvalue weighted by Crippen LogP contribution is -2.37. The second-order valence-corrected chi connectivity index (χ2v) is 25.7. The van der Waals surface area contributed by atoms with Crippen LogP contribution in [0.2, 0.25) is 0 Å². The van der Waals surface area contributed by atoms with E-state index in [-0.39, 0.29) is 25.6 Å². The zero-order valence-electron chi connectivity index (χ0n) is 51.5. The Labute approximate surface area is 473 Å². The molecule has 0 rings (SSSR count). The van der Waals surface area contributed by atoms with Crippen molar-refractivity contribution in [1.82, 2.24) is 0 Å². The summed E-state index contributed by atoms with van der Waals surface area (Å²) in [5.74, 6) is -0.788. The lowest BCUT2D eigenvalue weighted by atomic mass is 10.0. The SMILES string of the molecule is CCCCCCCC/C=C\CCCCCCCC(=O)OC(COC(=O)CCCCCCCCCCCCCCCCCCCCCCCCCCCCCCCCCCCCCCC)COP(=O)(O)OCC[N+](C)(C)C. The number of phosphoric ester groups is 1. The Kier molecular flexibility index (Phi) is 57.4. The summed E-state index contributed by atoms with van der Waals surface area (Å²) in [5, 5.41) is 0. The van der Waals surface area contributed by atoms with Crippen LogP contribution in [0.15, 0.2) is 12.2 Å². The van der Waals surface area contributed by atoms with Crippen molar-refractivity contribution in [3.63, 3.8) is 0 Å². The molecule has 0 fully saturated rings. The van der Waals surface area contributed by atoms with Gasteiger partial charge in [-0.2, -0.15) is 0 Å². The molecule has 0 amide bonds. The van der Waals surface area contributed by atoms with Gasteiger partial charge >= 0.3 is 19.8 Å². The Balaban J connectivity index is 3.86. The van der Waals surface area contributed by atoms with Crippen LogP contribution in [-0.4, -0.2) is 74.9 Å². The van der Waals surface area contributed by atoms with E-state index in [4.69, 9.17) is 18.5 Å². The maximum Gasteiger partial charge on any atom is 0.472 e. The number of phosphoric acid groups is 1. The van der Waals surface area contributed by atoms with Crippen molar-refractivity contribution in [2.45, 2.75) is 354 Å². The number of esters is 2. The maximum atomic E-state index is 12.8. The molecule has 0 aromatic carbocycles. The van der Waals surface area contributed by atoms with Crippen LogP contribution in [0.25, 0.3) is 0 Å². The first kappa shape index (κ1) is 74.8. The molecule has 2 unspecified atom stereocenters. The molecule has 1 N–H and O–H groups in total. The molecule has 0 aromatic heterocycles. The van der Waals surface area contributed by atoms with Crippen LogP contribution in [-0.2, 0) is 32.7 Å². The van der Waals surface area contributed by atoms with Crippen molar-refractivity contribution >= 4 is 19.8 Å². The van der Waals surface area contributed by atoms with E-state index in [0.29, 0.717) is 23.9 Å². The number of carbonyl (C=O) groups is 2. The van der Waals surface area contributed by atoms with Crippen molar-refractivity contribution in [1.29, 1.82) is 0 Å². The van der Waals surface area contributed by atoms with Crippen LogP contribution in [0.3, 0.4) is 0 Å². The van der Waals surface area contributed by atoms with Crippen LogP contribution in [0.4, 0.5) is 0 Å². The van der Waals surface area contributed by atoms with Gasteiger partial charge in [0, 0.05) is 12.8 Å². The quantitative estimate of drug-likeness (QED) is 0.0211. The molecule has 0 saturated heterocycles. The highest BCUT2D eigenvalue weighted by atomic mass is 31.2. The van der Waals surface area contributed by atoms with Gasteiger partial charge in [-0.1, -0.05) is 309 Å². The molecule has 0 aliphatic rings. The summed E-state index contributed by atoms with van der Waals surface area (Å²) in [4.78, 5) is 35.7. The van der Waals surface area contributed by atoms with Crippen molar-refractivity contribution in [2.75, 3.05) is 47.5 Å². The van der Waals surface area contributed by atoms with Gasteiger partial charge in [0.15, 0.2) is 6.10 Å². The van der Waals surface area contributed by atoms with Crippen LogP contribution < -0.4 is 0 Å². The molecule has 0 radical (unpaired) electrons. The van der Waals surface area contributed by atoms with Crippen LogP contribution in [0.5, 0.6) is 0 Å². The molecule has 9 nitrogen and oxygen atoms in total. The van der Waals surface area contributed by atoms with Crippen molar-refractivity contribution in [3.8, 4) is 0 Å². The minimum Gasteiger partial charge on any atom is -0.462 e. The average molecular weight is 1100 g/mol. The number of carbonyl (C=O) groups excluding carboxylic acids is 2. The highest BCUT2D eigenvalue weighted by Gasteiger charge is 2.27. The third-order valence-corrected chi connectivity index (χ3v) is 16.3. The molecule has 0 aliphatic carbocycles. The molecule has 0 heterocycles. The number of hydrogen-bond donors (Lipinski definition) is 1. The summed E-state index contributed by atoms with van der Waals surface area (Å²) >= 11 is 0. The predicted octanol–water partition coefficient (Wildman–Crippen LogP) is 21.2. The van der Waals surface area contributed by atoms with E-state index in [0.717, 1.165) is 51.4 Å². The number of allylic oxidation sites excluding steroid dienone is 2. The number of unbranched alkanes of at least 4 members (excludes halogenated alkanes) is 47. The van der Waals surface area contributed by atoms with E-state index in [1.807, 2.05) is 21.1 Å². The Morgan fingerprint density at radius 1 is 0.395 bits per heavy atom. The Morgan fingerprint density at radius 3 is 0.974 bits per heavy atom. The number of likely N-dealkylation sites (N-methyl/N-ethyl adjacent to an activating group) is 1. The zero-order chi connectivity index (χ0) is 55.6. The molecule has 0 bridgehead atoms. The topological polar surface area (TPSA) is 108 Å². The van der Waals surface area contributed by atoms with Gasteiger partial charge in [-0.25, -0.2) is 4.57 Å². The predicted molar refractivity (Wildman–Crippen MR) is 326 cm³/mol. The van der Waals surface area contributed by atoms with Gasteiger partial charge in [-0.3, -0.25) is 18.6 Å². The first-order valence-corrected chi connectivity index (χ1v) is 34.9. The fraction of sp³-hybridized carbons (Fsp3) is 0.939. The summed E-state index contributed by atoms with van der Waals surface area (Å²) < 4.78 is 34.6. The third-order valence-electron chi connectivity index (χ3n) is 15.3. The fourth-order valence-electron chi connectivity index (χ4n) is 10.1. The van der Waals surface area contributed by atoms with E-state index in [2.05, 4.69) is 26.0 Å². The minimum absolute atomic E-state index is 0.0337. The van der Waals surface area contributed by atoms with E-state index < -0.39 is 26.5 Å². The van der Waals surface area contributed by atoms with Crippen LogP contribution in [0.1, 0.15) is 348 Å². The molecule has 76 heavy (non-hydrogen) atoms. The van der Waals surface area contributed by atoms with E-state index in [9.17, 15) is 19.0 Å². The van der Waals surface area contributed by atoms with Crippen LogP contribution in [0, 0.1) is 0 Å². The Bertz CT molecular complexity index is 1290. The first-order valence-electron chi connectivity index (χ1n) is 33.4. The number of quaternary nitrogens is 1.